The van der Waals surface area contributed by atoms with Gasteiger partial charge in [-0.2, -0.15) is 10.4 Å². The van der Waals surface area contributed by atoms with Crippen LogP contribution in [0.5, 0.6) is 0 Å². The lowest BCUT2D eigenvalue weighted by Gasteiger charge is -2.52. The van der Waals surface area contributed by atoms with Crippen LogP contribution >= 0.6 is 0 Å². The molecule has 3 aromatic rings. The van der Waals surface area contributed by atoms with Crippen molar-refractivity contribution in [3.05, 3.63) is 31.0 Å². The number of carbonyl (C=O) groups is 1. The Bertz CT molecular complexity index is 1220. The van der Waals surface area contributed by atoms with Crippen molar-refractivity contribution in [2.45, 2.75) is 43.7 Å². The molecule has 0 radical (unpaired) electrons. The summed E-state index contributed by atoms with van der Waals surface area (Å²) in [6.45, 7) is 5.14. The van der Waals surface area contributed by atoms with Crippen LogP contribution in [0.3, 0.4) is 0 Å². The Labute approximate surface area is 198 Å². The molecule has 0 bridgehead atoms. The van der Waals surface area contributed by atoms with Crippen molar-refractivity contribution in [2.24, 2.45) is 0 Å². The fourth-order valence-corrected chi connectivity index (χ4v) is 5.83. The maximum absolute atomic E-state index is 12.7. The molecule has 0 atom stereocenters. The second-order valence-electron chi connectivity index (χ2n) is 9.76. The van der Waals surface area contributed by atoms with Crippen LogP contribution in [0.2, 0.25) is 0 Å². The highest BCUT2D eigenvalue weighted by atomic mass is 16.2. The van der Waals surface area contributed by atoms with E-state index in [0.717, 1.165) is 87.2 Å². The van der Waals surface area contributed by atoms with Gasteiger partial charge in [0.05, 0.1) is 29.9 Å². The van der Waals surface area contributed by atoms with E-state index in [0.29, 0.717) is 12.5 Å². The fourth-order valence-electron chi connectivity index (χ4n) is 5.83. The standard InChI is InChI=1S/C24H29N9O/c25-5-4-24(33-16-18(15-29-33)21-20-3-6-26-22(20)28-17-27-21)13-19(14-24)30-9-11-32(12-10-30)23(34)31-7-1-2-8-31/h3,6,15-17,19H,1-2,4,7-14H2,(H,26,27,28). The molecule has 3 aromatic heterocycles. The summed E-state index contributed by atoms with van der Waals surface area (Å²) in [4.78, 5) is 31.1. The molecule has 34 heavy (non-hydrogen) atoms. The third kappa shape index (κ3) is 3.51. The number of nitrogens with zero attached hydrogens (tertiary/aromatic N) is 8. The summed E-state index contributed by atoms with van der Waals surface area (Å²) in [6, 6.07) is 4.99. The molecule has 3 fully saturated rings. The van der Waals surface area contributed by atoms with Gasteiger partial charge in [0.1, 0.15) is 12.0 Å². The first-order valence-corrected chi connectivity index (χ1v) is 12.2. The smallest absolute Gasteiger partial charge is 0.320 e. The molecule has 5 heterocycles. The van der Waals surface area contributed by atoms with Gasteiger partial charge in [0, 0.05) is 68.7 Å². The van der Waals surface area contributed by atoms with Gasteiger partial charge in [0.15, 0.2) is 0 Å². The van der Waals surface area contributed by atoms with Crippen molar-refractivity contribution < 1.29 is 4.79 Å². The quantitative estimate of drug-likeness (QED) is 0.642. The number of rotatable bonds is 4. The van der Waals surface area contributed by atoms with Crippen LogP contribution in [0.25, 0.3) is 22.3 Å². The minimum atomic E-state index is -0.287. The van der Waals surface area contributed by atoms with Crippen LogP contribution in [0, 0.1) is 11.3 Å². The molecule has 10 nitrogen and oxygen atoms in total. The second-order valence-corrected chi connectivity index (χ2v) is 9.76. The number of amides is 2. The Hall–Kier alpha value is -3.45. The van der Waals surface area contributed by atoms with Gasteiger partial charge in [-0.1, -0.05) is 0 Å². The SMILES string of the molecule is N#CCC1(n2cc(-c3ncnc4[nH]ccc34)cn2)CC(N2CCN(C(=O)N3CCCC3)CC2)C1. The first kappa shape index (κ1) is 21.1. The lowest BCUT2D eigenvalue weighted by atomic mass is 9.70. The van der Waals surface area contributed by atoms with E-state index >= 15 is 0 Å². The minimum Gasteiger partial charge on any atom is -0.346 e. The predicted octanol–water partition coefficient (Wildman–Crippen LogP) is 2.43. The van der Waals surface area contributed by atoms with Gasteiger partial charge in [-0.15, -0.1) is 0 Å². The van der Waals surface area contributed by atoms with Gasteiger partial charge in [-0.3, -0.25) is 9.58 Å². The second kappa shape index (κ2) is 8.40. The molecule has 3 aliphatic rings. The number of nitrogens with one attached hydrogen (secondary N) is 1. The fraction of sp³-hybridized carbons (Fsp3) is 0.542. The number of carbonyl (C=O) groups excluding carboxylic acids is 1. The van der Waals surface area contributed by atoms with Gasteiger partial charge in [0.25, 0.3) is 0 Å². The summed E-state index contributed by atoms with van der Waals surface area (Å²) in [6.07, 6.45) is 11.7. The minimum absolute atomic E-state index is 0.204. The first-order chi connectivity index (χ1) is 16.7. The number of hydrogen-bond donors (Lipinski definition) is 1. The van der Waals surface area contributed by atoms with Crippen molar-refractivity contribution in [3.63, 3.8) is 0 Å². The lowest BCUT2D eigenvalue weighted by Crippen LogP contribution is -2.61. The maximum atomic E-state index is 12.7. The molecule has 0 spiro atoms. The Kier molecular flexibility index (Phi) is 5.21. The van der Waals surface area contributed by atoms with E-state index in [1.54, 1.807) is 6.33 Å². The molecule has 2 amide bonds. The molecule has 176 valence electrons. The Balaban J connectivity index is 1.13. The summed E-state index contributed by atoms with van der Waals surface area (Å²) >= 11 is 0. The summed E-state index contributed by atoms with van der Waals surface area (Å²) in [5.41, 5.74) is 2.29. The average Bonchev–Trinajstić information content (AvgIpc) is 3.62. The van der Waals surface area contributed by atoms with Gasteiger partial charge < -0.3 is 14.8 Å². The van der Waals surface area contributed by atoms with E-state index in [2.05, 4.69) is 31.0 Å². The molecule has 1 aliphatic carbocycles. The number of likely N-dealkylation sites (tertiary alicyclic amines) is 1. The zero-order valence-corrected chi connectivity index (χ0v) is 19.2. The number of aromatic nitrogens is 5. The monoisotopic (exact) mass is 459 g/mol. The highest BCUT2D eigenvalue weighted by molar-refractivity contribution is 5.90. The van der Waals surface area contributed by atoms with Crippen LogP contribution in [0.1, 0.15) is 32.1 Å². The molecule has 1 saturated carbocycles. The van der Waals surface area contributed by atoms with Crippen molar-refractivity contribution >= 4 is 17.1 Å². The van der Waals surface area contributed by atoms with E-state index in [-0.39, 0.29) is 11.6 Å². The number of hydrogen-bond acceptors (Lipinski definition) is 6. The topological polar surface area (TPSA) is 110 Å². The molecule has 1 N–H and O–H groups in total. The summed E-state index contributed by atoms with van der Waals surface area (Å²) in [5.74, 6) is 0. The maximum Gasteiger partial charge on any atom is 0.320 e. The number of aromatic amines is 1. The number of fused-ring (bicyclic) bond motifs is 1. The predicted molar refractivity (Wildman–Crippen MR) is 126 cm³/mol. The van der Waals surface area contributed by atoms with E-state index in [1.807, 2.05) is 39.1 Å². The van der Waals surface area contributed by atoms with Gasteiger partial charge in [-0.25, -0.2) is 14.8 Å². The molecular weight excluding hydrogens is 430 g/mol. The van der Waals surface area contributed by atoms with Crippen molar-refractivity contribution in [3.8, 4) is 17.3 Å². The molecule has 2 saturated heterocycles. The lowest BCUT2D eigenvalue weighted by molar-refractivity contribution is -0.0144. The van der Waals surface area contributed by atoms with Crippen molar-refractivity contribution in [2.75, 3.05) is 39.3 Å². The highest BCUT2D eigenvalue weighted by Crippen LogP contribution is 2.45. The number of H-pyrrole nitrogens is 1. The van der Waals surface area contributed by atoms with E-state index in [9.17, 15) is 10.1 Å². The normalized spacial score (nSPS) is 25.4. The Morgan fingerprint density at radius 3 is 2.65 bits per heavy atom. The van der Waals surface area contributed by atoms with Crippen molar-refractivity contribution in [1.29, 1.82) is 5.26 Å². The molecule has 10 heteroatoms. The highest BCUT2D eigenvalue weighted by Gasteiger charge is 2.49. The molecule has 0 unspecified atom stereocenters. The Morgan fingerprint density at radius 2 is 1.88 bits per heavy atom. The van der Waals surface area contributed by atoms with Crippen LogP contribution < -0.4 is 0 Å². The van der Waals surface area contributed by atoms with E-state index in [1.165, 1.54) is 0 Å². The largest absolute Gasteiger partial charge is 0.346 e. The number of nitriles is 1. The van der Waals surface area contributed by atoms with Crippen LogP contribution in [0.4, 0.5) is 4.79 Å². The summed E-state index contributed by atoms with van der Waals surface area (Å²) in [7, 11) is 0. The van der Waals surface area contributed by atoms with E-state index in [4.69, 9.17) is 0 Å². The van der Waals surface area contributed by atoms with Gasteiger partial charge in [0.2, 0.25) is 0 Å². The van der Waals surface area contributed by atoms with Gasteiger partial charge >= 0.3 is 6.03 Å². The third-order valence-electron chi connectivity index (χ3n) is 7.81. The number of urea groups is 1. The van der Waals surface area contributed by atoms with E-state index < -0.39 is 0 Å². The molecule has 0 aromatic carbocycles. The third-order valence-corrected chi connectivity index (χ3v) is 7.81. The summed E-state index contributed by atoms with van der Waals surface area (Å²) in [5, 5.41) is 15.2. The van der Waals surface area contributed by atoms with Crippen LogP contribution in [0.15, 0.2) is 31.0 Å². The molecule has 6 rings (SSSR count). The summed E-state index contributed by atoms with van der Waals surface area (Å²) < 4.78 is 1.98. The van der Waals surface area contributed by atoms with Gasteiger partial charge in [-0.05, 0) is 31.7 Å². The van der Waals surface area contributed by atoms with Crippen LogP contribution in [-0.4, -0.2) is 90.8 Å². The average molecular weight is 460 g/mol. The molecule has 2 aliphatic heterocycles. The van der Waals surface area contributed by atoms with Crippen LogP contribution in [-0.2, 0) is 5.54 Å². The zero-order chi connectivity index (χ0) is 23.1. The molecular formula is C24H29N9O. The first-order valence-electron chi connectivity index (χ1n) is 12.2. The Morgan fingerprint density at radius 1 is 1.12 bits per heavy atom. The zero-order valence-electron chi connectivity index (χ0n) is 19.2. The number of piperazine rings is 1. The van der Waals surface area contributed by atoms with Crippen molar-refractivity contribution in [1.82, 2.24) is 39.4 Å².